The first-order chi connectivity index (χ1) is 8.90. The Kier molecular flexibility index (Phi) is 3.42. The molecule has 2 N–H and O–H groups in total. The van der Waals surface area contributed by atoms with E-state index in [2.05, 4.69) is 36.2 Å². The van der Waals surface area contributed by atoms with Crippen LogP contribution in [0, 0.1) is 27.7 Å². The van der Waals surface area contributed by atoms with Crippen molar-refractivity contribution < 1.29 is 9.90 Å². The van der Waals surface area contributed by atoms with E-state index in [4.69, 9.17) is 5.11 Å². The molecule has 0 fully saturated rings. The van der Waals surface area contributed by atoms with Gasteiger partial charge in [0.2, 0.25) is 0 Å². The van der Waals surface area contributed by atoms with Gasteiger partial charge in [-0.1, -0.05) is 6.07 Å². The Bertz CT molecular complexity index is 642. The molecule has 0 atom stereocenters. The number of hydrogen-bond donors (Lipinski definition) is 2. The summed E-state index contributed by atoms with van der Waals surface area (Å²) in [5.74, 6) is -0.852. The Labute approximate surface area is 112 Å². The number of carboxylic acid groups (broad SMARTS) is 1. The monoisotopic (exact) mass is 258 g/mol. The topological polar surface area (TPSA) is 66.0 Å². The van der Waals surface area contributed by atoms with Gasteiger partial charge >= 0.3 is 5.97 Å². The normalized spacial score (nSPS) is 10.7. The molecule has 2 rings (SSSR count). The highest BCUT2D eigenvalue weighted by Gasteiger charge is 2.15. The lowest BCUT2D eigenvalue weighted by Gasteiger charge is -2.08. The summed E-state index contributed by atoms with van der Waals surface area (Å²) in [6.07, 6.45) is -0.0251. The first kappa shape index (κ1) is 13.3. The predicted molar refractivity (Wildman–Crippen MR) is 74.3 cm³/mol. The molecule has 19 heavy (non-hydrogen) atoms. The maximum Gasteiger partial charge on any atom is 0.309 e. The molecule has 0 aliphatic heterocycles. The number of aliphatic carboxylic acids is 1. The fourth-order valence-electron chi connectivity index (χ4n) is 2.24. The number of aromatic nitrogens is 2. The summed E-state index contributed by atoms with van der Waals surface area (Å²) in [6.45, 7) is 8.11. The third-order valence-electron chi connectivity index (χ3n) is 3.53. The van der Waals surface area contributed by atoms with Crippen molar-refractivity contribution >= 4 is 5.97 Å². The first-order valence-electron chi connectivity index (χ1n) is 6.24. The van der Waals surface area contributed by atoms with Crippen LogP contribution in [0.4, 0.5) is 0 Å². The van der Waals surface area contributed by atoms with Crippen LogP contribution >= 0.6 is 0 Å². The number of aromatic amines is 1. The fraction of sp³-hybridized carbons (Fsp3) is 0.333. The summed E-state index contributed by atoms with van der Waals surface area (Å²) in [6, 6.07) is 4.24. The van der Waals surface area contributed by atoms with E-state index in [1.54, 1.807) is 0 Å². The lowest BCUT2D eigenvalue weighted by Crippen LogP contribution is -2.01. The van der Waals surface area contributed by atoms with E-state index >= 15 is 0 Å². The molecule has 0 saturated heterocycles. The smallest absolute Gasteiger partial charge is 0.309 e. The van der Waals surface area contributed by atoms with Gasteiger partial charge < -0.3 is 5.11 Å². The molecule has 100 valence electrons. The second-order valence-electron chi connectivity index (χ2n) is 5.00. The molecule has 4 nitrogen and oxygen atoms in total. The van der Waals surface area contributed by atoms with Crippen LogP contribution in [0.2, 0.25) is 0 Å². The maximum atomic E-state index is 10.8. The van der Waals surface area contributed by atoms with E-state index in [1.807, 2.05) is 13.8 Å². The lowest BCUT2D eigenvalue weighted by atomic mass is 9.96. The molecule has 4 heteroatoms. The molecule has 0 spiro atoms. The molecular weight excluding hydrogens is 240 g/mol. The predicted octanol–water partition coefficient (Wildman–Crippen LogP) is 2.94. The summed E-state index contributed by atoms with van der Waals surface area (Å²) < 4.78 is 0. The van der Waals surface area contributed by atoms with Crippen molar-refractivity contribution in [1.29, 1.82) is 0 Å². The molecule has 0 unspecified atom stereocenters. The first-order valence-corrected chi connectivity index (χ1v) is 6.24. The van der Waals surface area contributed by atoms with Gasteiger partial charge in [-0.3, -0.25) is 9.89 Å². The number of rotatable bonds is 3. The molecule has 0 amide bonds. The van der Waals surface area contributed by atoms with Crippen LogP contribution < -0.4 is 0 Å². The van der Waals surface area contributed by atoms with Crippen LogP contribution in [0.3, 0.4) is 0 Å². The van der Waals surface area contributed by atoms with Gasteiger partial charge in [0.15, 0.2) is 0 Å². The number of aryl methyl sites for hydroxylation is 3. The van der Waals surface area contributed by atoms with Crippen LogP contribution in [0.25, 0.3) is 11.3 Å². The highest BCUT2D eigenvalue weighted by Crippen LogP contribution is 2.28. The Morgan fingerprint density at radius 2 is 1.79 bits per heavy atom. The highest BCUT2D eigenvalue weighted by atomic mass is 16.4. The molecule has 0 aliphatic carbocycles. The van der Waals surface area contributed by atoms with E-state index in [-0.39, 0.29) is 6.42 Å². The SMILES string of the molecule is Cc1cc(C)c(-c2n[nH]c(CC(=O)O)c2C)cc1C. The number of hydrogen-bond acceptors (Lipinski definition) is 2. The minimum absolute atomic E-state index is 0.0251. The van der Waals surface area contributed by atoms with Crippen molar-refractivity contribution in [2.24, 2.45) is 0 Å². The Balaban J connectivity index is 2.51. The van der Waals surface area contributed by atoms with Gasteiger partial charge in [0.1, 0.15) is 0 Å². The van der Waals surface area contributed by atoms with Crippen molar-refractivity contribution in [1.82, 2.24) is 10.2 Å². The summed E-state index contributed by atoms with van der Waals surface area (Å²) in [5.41, 5.74) is 7.10. The Morgan fingerprint density at radius 3 is 2.42 bits per heavy atom. The number of nitrogens with zero attached hydrogens (tertiary/aromatic N) is 1. The van der Waals surface area contributed by atoms with Gasteiger partial charge in [-0.05, 0) is 56.0 Å². The summed E-state index contributed by atoms with van der Waals surface area (Å²) in [4.78, 5) is 10.8. The van der Waals surface area contributed by atoms with Crippen LogP contribution in [0.15, 0.2) is 12.1 Å². The second-order valence-corrected chi connectivity index (χ2v) is 5.00. The van der Waals surface area contributed by atoms with Gasteiger partial charge in [0.25, 0.3) is 0 Å². The molecule has 1 heterocycles. The second kappa shape index (κ2) is 4.88. The van der Waals surface area contributed by atoms with Gasteiger partial charge in [-0.25, -0.2) is 0 Å². The standard InChI is InChI=1S/C15H18N2O2/c1-8-5-10(3)12(6-9(8)2)15-11(4)13(16-17-15)7-14(18)19/h5-6H,7H2,1-4H3,(H,16,17)(H,18,19). The average Bonchev–Trinajstić information content (AvgIpc) is 2.65. The highest BCUT2D eigenvalue weighted by molar-refractivity contribution is 5.73. The molecule has 0 bridgehead atoms. The van der Waals surface area contributed by atoms with Crippen LogP contribution in [-0.4, -0.2) is 21.3 Å². The quantitative estimate of drug-likeness (QED) is 0.889. The van der Waals surface area contributed by atoms with Gasteiger partial charge in [-0.15, -0.1) is 0 Å². The van der Waals surface area contributed by atoms with Crippen LogP contribution in [0.1, 0.15) is 27.9 Å². The largest absolute Gasteiger partial charge is 0.481 e. The molecule has 0 saturated carbocycles. The Morgan fingerprint density at radius 1 is 1.16 bits per heavy atom. The summed E-state index contributed by atoms with van der Waals surface area (Å²) in [5, 5.41) is 16.0. The van der Waals surface area contributed by atoms with E-state index in [9.17, 15) is 4.79 Å². The zero-order chi connectivity index (χ0) is 14.2. The molecule has 1 aromatic carbocycles. The molecule has 0 aliphatic rings. The zero-order valence-corrected chi connectivity index (χ0v) is 11.7. The number of carboxylic acids is 1. The third-order valence-corrected chi connectivity index (χ3v) is 3.53. The van der Waals surface area contributed by atoms with Crippen molar-refractivity contribution in [3.8, 4) is 11.3 Å². The third kappa shape index (κ3) is 2.52. The maximum absolute atomic E-state index is 10.8. The van der Waals surface area contributed by atoms with Crippen LogP contribution in [0.5, 0.6) is 0 Å². The summed E-state index contributed by atoms with van der Waals surface area (Å²) >= 11 is 0. The average molecular weight is 258 g/mol. The molecule has 1 aromatic heterocycles. The molecular formula is C15H18N2O2. The van der Waals surface area contributed by atoms with Gasteiger partial charge in [0.05, 0.1) is 12.1 Å². The van der Waals surface area contributed by atoms with Crippen LogP contribution in [-0.2, 0) is 11.2 Å². The Hall–Kier alpha value is -2.10. The number of H-pyrrole nitrogens is 1. The lowest BCUT2D eigenvalue weighted by molar-refractivity contribution is -0.136. The van der Waals surface area contributed by atoms with Crippen molar-refractivity contribution in [2.45, 2.75) is 34.1 Å². The van der Waals surface area contributed by atoms with Crippen molar-refractivity contribution in [3.05, 3.63) is 40.1 Å². The van der Waals surface area contributed by atoms with E-state index in [1.165, 1.54) is 11.1 Å². The molecule has 2 aromatic rings. The minimum Gasteiger partial charge on any atom is -0.481 e. The van der Waals surface area contributed by atoms with Gasteiger partial charge in [-0.2, -0.15) is 5.10 Å². The minimum atomic E-state index is -0.852. The summed E-state index contributed by atoms with van der Waals surface area (Å²) in [7, 11) is 0. The van der Waals surface area contributed by atoms with E-state index in [0.717, 1.165) is 22.4 Å². The van der Waals surface area contributed by atoms with E-state index < -0.39 is 5.97 Å². The molecule has 0 radical (unpaired) electrons. The number of benzene rings is 1. The number of nitrogens with one attached hydrogen (secondary N) is 1. The fourth-order valence-corrected chi connectivity index (χ4v) is 2.24. The van der Waals surface area contributed by atoms with Crippen molar-refractivity contribution in [3.63, 3.8) is 0 Å². The van der Waals surface area contributed by atoms with Gasteiger partial charge in [0, 0.05) is 11.3 Å². The van der Waals surface area contributed by atoms with Crippen molar-refractivity contribution in [2.75, 3.05) is 0 Å². The number of carbonyl (C=O) groups is 1. The zero-order valence-electron chi connectivity index (χ0n) is 11.7. The van der Waals surface area contributed by atoms with E-state index in [0.29, 0.717) is 5.69 Å².